The number of amides is 3. The Labute approximate surface area is 384 Å². The van der Waals surface area contributed by atoms with E-state index in [2.05, 4.69) is 27.4 Å². The highest BCUT2D eigenvalue weighted by molar-refractivity contribution is 7.58. The van der Waals surface area contributed by atoms with Crippen molar-refractivity contribution >= 4 is 52.8 Å². The smallest absolute Gasteiger partial charge is 0.390 e. The van der Waals surface area contributed by atoms with Gasteiger partial charge in [0.05, 0.1) is 6.61 Å². The Bertz CT molecular complexity index is 2690. The van der Waals surface area contributed by atoms with E-state index in [1.54, 1.807) is 53.4 Å². The predicted molar refractivity (Wildman–Crippen MR) is 249 cm³/mol. The van der Waals surface area contributed by atoms with Crippen molar-refractivity contribution in [2.75, 3.05) is 13.2 Å². The van der Waals surface area contributed by atoms with Crippen molar-refractivity contribution in [1.82, 2.24) is 20.2 Å². The minimum absolute atomic E-state index is 0.00167. The number of alkyl halides is 2. The Balaban J connectivity index is 0.954. The summed E-state index contributed by atoms with van der Waals surface area (Å²) in [5.41, 5.74) is -3.66. The molecule has 4 fully saturated rings. The van der Waals surface area contributed by atoms with E-state index in [1.165, 1.54) is 30.7 Å². The highest BCUT2D eigenvalue weighted by atomic mass is 31.2. The van der Waals surface area contributed by atoms with Crippen molar-refractivity contribution in [3.05, 3.63) is 126 Å². The molecule has 5 aromatic rings. The molecule has 6 atom stereocenters. The molecule has 14 heteroatoms. The number of nitrogens with one attached hydrogen (secondary N) is 2. The van der Waals surface area contributed by atoms with E-state index in [0.29, 0.717) is 48.4 Å². The fraction of sp³-hybridized carbons (Fsp3) is 0.423. The molecule has 3 heterocycles. The first-order chi connectivity index (χ1) is 31.8. The second-order valence-electron chi connectivity index (χ2n) is 18.6. The summed E-state index contributed by atoms with van der Waals surface area (Å²) in [5, 5.41) is 7.22. The summed E-state index contributed by atoms with van der Waals surface area (Å²) >= 11 is 0. The Hall–Kier alpha value is -5.65. The van der Waals surface area contributed by atoms with Gasteiger partial charge in [-0.2, -0.15) is 8.78 Å². The topological polar surface area (TPSA) is 134 Å². The van der Waals surface area contributed by atoms with E-state index in [1.807, 2.05) is 25.1 Å². The largest absolute Gasteiger partial charge is 0.465 e. The van der Waals surface area contributed by atoms with Crippen LogP contribution in [0.25, 0.3) is 21.5 Å². The molecule has 0 aromatic heterocycles. The number of fused-ring (bicyclic) bond motifs is 3. The maximum absolute atomic E-state index is 17.1. The Morgan fingerprint density at radius 3 is 2.39 bits per heavy atom. The van der Waals surface area contributed by atoms with Gasteiger partial charge < -0.3 is 24.4 Å². The number of hydrogen-bond donors (Lipinski definition) is 2. The molecule has 11 nitrogen and oxygen atoms in total. The van der Waals surface area contributed by atoms with Crippen LogP contribution in [0.4, 0.5) is 8.78 Å². The van der Waals surface area contributed by atoms with Crippen molar-refractivity contribution in [1.29, 1.82) is 0 Å². The molecule has 2 unspecified atom stereocenters. The molecular weight excluding hydrogens is 862 g/mol. The fourth-order valence-corrected chi connectivity index (χ4v) is 12.2. The van der Waals surface area contributed by atoms with Gasteiger partial charge in [0.2, 0.25) is 11.8 Å². The standard InChI is InChI=1S/C52H57F2N4O7P/c1-3-4-29-64-50(62)34(2)56-66(63,65-46-20-12-16-37-15-8-10-18-43(37)46)52(53,54)41-24-23-36-21-22-38(30-39(36)31-41)47(59)55-44-19-11-9-17-42-25-26-45(58(42)48(44)60)49(61)57-33-40(32-51(57)27-28-51)35-13-6-5-7-14-35/h5-8,10,12-16,18,20-24,30-31,34,40,42,44-45H,3-4,9,11,17,19,25-29,32-33H2,1-2H3,(H,55,59)(H,56,63)/t34-,40?,42-,44-,45-,66?/m0/s1. The lowest BCUT2D eigenvalue weighted by molar-refractivity contribution is -0.148. The fourth-order valence-electron chi connectivity index (χ4n) is 10.3. The van der Waals surface area contributed by atoms with E-state index in [9.17, 15) is 23.7 Å². The molecule has 3 saturated heterocycles. The SMILES string of the molecule is CCCCOC(=O)[C@H](C)NP(=O)(Oc1cccc2ccccc12)C(F)(F)c1ccc2ccc(C(=O)N[C@H]3CCCC[C@H]4CC[C@@H](C(=O)N5CC(c6ccccc6)CC56CC6)N4C3=O)cc2c1. The predicted octanol–water partition coefficient (Wildman–Crippen LogP) is 10.2. The van der Waals surface area contributed by atoms with Crippen LogP contribution in [0.1, 0.15) is 112 Å². The molecule has 1 saturated carbocycles. The Morgan fingerprint density at radius 2 is 1.61 bits per heavy atom. The second kappa shape index (κ2) is 18.6. The molecule has 66 heavy (non-hydrogen) atoms. The van der Waals surface area contributed by atoms with Gasteiger partial charge in [-0.1, -0.05) is 111 Å². The normalized spacial score (nSPS) is 22.9. The van der Waals surface area contributed by atoms with Crippen molar-refractivity contribution in [3.8, 4) is 5.75 Å². The minimum atomic E-state index is -5.35. The number of likely N-dealkylation sites (tertiary alicyclic amines) is 1. The lowest BCUT2D eigenvalue weighted by Gasteiger charge is -2.37. The Kier molecular flexibility index (Phi) is 12.8. The zero-order valence-electron chi connectivity index (χ0n) is 37.4. The highest BCUT2D eigenvalue weighted by Gasteiger charge is 2.59. The summed E-state index contributed by atoms with van der Waals surface area (Å²) in [6.45, 7) is 3.92. The van der Waals surface area contributed by atoms with Gasteiger partial charge in [0.1, 0.15) is 23.9 Å². The molecule has 5 aromatic carbocycles. The number of unbranched alkanes of at least 4 members (excludes halogenated alkanes) is 1. The van der Waals surface area contributed by atoms with Crippen molar-refractivity contribution in [2.24, 2.45) is 0 Å². The lowest BCUT2D eigenvalue weighted by atomic mass is 9.96. The van der Waals surface area contributed by atoms with Crippen LogP contribution in [0.3, 0.4) is 0 Å². The maximum atomic E-state index is 17.1. The summed E-state index contributed by atoms with van der Waals surface area (Å²) in [4.78, 5) is 60.0. The number of hydrogen-bond acceptors (Lipinski definition) is 7. The summed E-state index contributed by atoms with van der Waals surface area (Å²) in [6.07, 6.45) is 8.21. The number of ether oxygens (including phenoxy) is 1. The van der Waals surface area contributed by atoms with Gasteiger partial charge in [-0.25, -0.2) is 5.09 Å². The molecule has 3 aliphatic heterocycles. The van der Waals surface area contributed by atoms with Gasteiger partial charge in [0.15, 0.2) is 0 Å². The average Bonchev–Trinajstić information content (AvgIpc) is 3.82. The van der Waals surface area contributed by atoms with Gasteiger partial charge in [-0.05, 0) is 104 Å². The number of benzene rings is 5. The van der Waals surface area contributed by atoms with Crippen molar-refractivity contribution < 1.29 is 41.8 Å². The van der Waals surface area contributed by atoms with E-state index in [4.69, 9.17) is 9.26 Å². The molecule has 1 aliphatic carbocycles. The van der Waals surface area contributed by atoms with Crippen LogP contribution >= 0.6 is 7.52 Å². The molecule has 0 radical (unpaired) electrons. The summed E-state index contributed by atoms with van der Waals surface area (Å²) < 4.78 is 60.2. The molecule has 346 valence electrons. The summed E-state index contributed by atoms with van der Waals surface area (Å²) in [5.74, 6) is -1.50. The van der Waals surface area contributed by atoms with E-state index < -0.39 is 48.7 Å². The number of carbonyl (C=O) groups is 4. The molecule has 3 amide bonds. The van der Waals surface area contributed by atoms with Crippen LogP contribution in [0, 0.1) is 0 Å². The molecule has 2 N–H and O–H groups in total. The van der Waals surface area contributed by atoms with Gasteiger partial charge in [0, 0.05) is 40.6 Å². The van der Waals surface area contributed by atoms with Crippen molar-refractivity contribution in [2.45, 2.75) is 126 Å². The van der Waals surface area contributed by atoms with Crippen molar-refractivity contribution in [3.63, 3.8) is 0 Å². The lowest BCUT2D eigenvalue weighted by Crippen LogP contribution is -2.57. The van der Waals surface area contributed by atoms with Crippen LogP contribution in [-0.4, -0.2) is 76.3 Å². The number of rotatable bonds is 14. The first-order valence-corrected chi connectivity index (χ1v) is 25.1. The van der Waals surface area contributed by atoms with E-state index in [-0.39, 0.29) is 52.6 Å². The summed E-state index contributed by atoms with van der Waals surface area (Å²) in [6, 6.07) is 27.5. The van der Waals surface area contributed by atoms with Crippen LogP contribution < -0.4 is 14.9 Å². The van der Waals surface area contributed by atoms with Crippen LogP contribution in [-0.2, 0) is 29.3 Å². The molecular formula is C52H57F2N4O7P. The van der Waals surface area contributed by atoms with Gasteiger partial charge in [0.25, 0.3) is 5.91 Å². The second-order valence-corrected chi connectivity index (χ2v) is 20.7. The molecule has 4 aliphatic rings. The van der Waals surface area contributed by atoms with Gasteiger partial charge in [-0.3, -0.25) is 23.7 Å². The van der Waals surface area contributed by atoms with Crippen LogP contribution in [0.5, 0.6) is 5.75 Å². The maximum Gasteiger partial charge on any atom is 0.390 e. The van der Waals surface area contributed by atoms with Crippen LogP contribution in [0.2, 0.25) is 0 Å². The first kappa shape index (κ1) is 45.5. The third-order valence-electron chi connectivity index (χ3n) is 14.1. The number of nitrogens with zero attached hydrogens (tertiary/aromatic N) is 2. The van der Waals surface area contributed by atoms with E-state index in [0.717, 1.165) is 57.1 Å². The molecule has 1 spiro atoms. The highest BCUT2D eigenvalue weighted by Crippen LogP contribution is 2.64. The van der Waals surface area contributed by atoms with Gasteiger partial charge in [-0.15, -0.1) is 0 Å². The number of carbonyl (C=O) groups excluding carboxylic acids is 4. The zero-order chi connectivity index (χ0) is 46.2. The van der Waals surface area contributed by atoms with Crippen LogP contribution in [0.15, 0.2) is 109 Å². The average molecular weight is 919 g/mol. The van der Waals surface area contributed by atoms with Gasteiger partial charge >= 0.3 is 19.2 Å². The number of halogens is 2. The van der Waals surface area contributed by atoms with E-state index >= 15 is 8.78 Å². The Morgan fingerprint density at radius 1 is 0.864 bits per heavy atom. The minimum Gasteiger partial charge on any atom is -0.465 e. The zero-order valence-corrected chi connectivity index (χ0v) is 38.3. The quantitative estimate of drug-likeness (QED) is 0.0639. The molecule has 9 rings (SSSR count). The monoisotopic (exact) mass is 918 g/mol. The number of esters is 1. The third kappa shape index (κ3) is 8.84. The first-order valence-electron chi connectivity index (χ1n) is 23.4. The molecule has 0 bridgehead atoms. The third-order valence-corrected chi connectivity index (χ3v) is 16.3. The summed E-state index contributed by atoms with van der Waals surface area (Å²) in [7, 11) is -5.35.